The largest absolute Gasteiger partial charge is 0.393 e. The third-order valence-corrected chi connectivity index (χ3v) is 6.29. The number of aliphatic hydroxyl groups excluding tert-OH is 1. The van der Waals surface area contributed by atoms with Crippen LogP contribution >= 0.6 is 0 Å². The molecule has 0 bridgehead atoms. The molecule has 0 amide bonds. The molecule has 0 aliphatic heterocycles. The van der Waals surface area contributed by atoms with Gasteiger partial charge in [0.05, 0.1) is 12.7 Å². The number of rotatable bonds is 2. The lowest BCUT2D eigenvalue weighted by Crippen LogP contribution is -2.20. The van der Waals surface area contributed by atoms with E-state index in [0.29, 0.717) is 11.3 Å². The highest BCUT2D eigenvalue weighted by atomic mass is 19.1. The van der Waals surface area contributed by atoms with Gasteiger partial charge in [-0.05, 0) is 86.7 Å². The van der Waals surface area contributed by atoms with E-state index in [1.54, 1.807) is 0 Å². The maximum Gasteiger partial charge on any atom is 0.190 e. The Kier molecular flexibility index (Phi) is 4.72. The molecule has 1 fully saturated rings. The third-order valence-electron chi connectivity index (χ3n) is 6.29. The van der Waals surface area contributed by atoms with Gasteiger partial charge >= 0.3 is 0 Å². The minimum Gasteiger partial charge on any atom is -0.393 e. The van der Waals surface area contributed by atoms with Gasteiger partial charge in [-0.1, -0.05) is 6.07 Å². The molecule has 3 aromatic rings. The Bertz CT molecular complexity index is 1100. The second-order valence-electron chi connectivity index (χ2n) is 8.04. The first-order valence-corrected chi connectivity index (χ1v) is 9.87. The fourth-order valence-corrected chi connectivity index (χ4v) is 4.46. The van der Waals surface area contributed by atoms with Crippen LogP contribution in [-0.2, 0) is 0 Å². The molecule has 144 valence electrons. The molecule has 1 heterocycles. The molecule has 28 heavy (non-hydrogen) atoms. The van der Waals surface area contributed by atoms with Gasteiger partial charge in [-0.15, -0.1) is 0 Å². The first kappa shape index (κ1) is 18.7. The molecular weight excluding hydrogens is 351 g/mol. The van der Waals surface area contributed by atoms with Crippen molar-refractivity contribution >= 4 is 16.6 Å². The zero-order valence-corrected chi connectivity index (χ0v) is 16.6. The van der Waals surface area contributed by atoms with Gasteiger partial charge in [-0.3, -0.25) is 0 Å². The normalized spacial score (nSPS) is 19.7. The second kappa shape index (κ2) is 7.07. The highest BCUT2D eigenvalue weighted by Gasteiger charge is 2.25. The van der Waals surface area contributed by atoms with Crippen LogP contribution in [-0.4, -0.2) is 15.8 Å². The number of hydrogen-bond acceptors (Lipinski definition) is 1. The van der Waals surface area contributed by atoms with E-state index in [1.165, 1.54) is 6.07 Å². The summed E-state index contributed by atoms with van der Waals surface area (Å²) < 4.78 is 17.2. The molecule has 3 nitrogen and oxygen atoms in total. The minimum absolute atomic E-state index is 0.218. The summed E-state index contributed by atoms with van der Waals surface area (Å²) in [4.78, 5) is 3.66. The fourth-order valence-electron chi connectivity index (χ4n) is 4.46. The lowest BCUT2D eigenvalue weighted by molar-refractivity contribution is 0.111. The van der Waals surface area contributed by atoms with Crippen molar-refractivity contribution in [3.05, 3.63) is 64.4 Å². The predicted molar refractivity (Wildman–Crippen MR) is 111 cm³/mol. The molecule has 2 aromatic carbocycles. The van der Waals surface area contributed by atoms with Crippen LogP contribution in [0, 0.1) is 33.2 Å². The lowest BCUT2D eigenvalue weighted by atomic mass is 9.93. The number of aryl methyl sites for hydroxylation is 2. The number of nitrogens with zero attached hydrogens (tertiary/aromatic N) is 2. The summed E-state index contributed by atoms with van der Waals surface area (Å²) in [5.41, 5.74) is 6.05. The van der Waals surface area contributed by atoms with Crippen molar-refractivity contribution in [2.45, 2.75) is 58.6 Å². The van der Waals surface area contributed by atoms with Gasteiger partial charge in [0.1, 0.15) is 5.82 Å². The molecule has 1 saturated carbocycles. The summed E-state index contributed by atoms with van der Waals surface area (Å²) in [7, 11) is 0. The molecule has 1 aromatic heterocycles. The Morgan fingerprint density at radius 3 is 2.46 bits per heavy atom. The molecular formula is C24H25FN2O. The van der Waals surface area contributed by atoms with Crippen molar-refractivity contribution in [1.29, 1.82) is 0 Å². The quantitative estimate of drug-likeness (QED) is 0.515. The molecule has 1 N–H and O–H groups in total. The summed E-state index contributed by atoms with van der Waals surface area (Å²) >= 11 is 0. The fraction of sp³-hybridized carbons (Fsp3) is 0.375. The van der Waals surface area contributed by atoms with Gasteiger partial charge in [0.15, 0.2) is 5.69 Å². The van der Waals surface area contributed by atoms with E-state index < -0.39 is 0 Å². The summed E-state index contributed by atoms with van der Waals surface area (Å²) in [6.45, 7) is 13.4. The van der Waals surface area contributed by atoms with Gasteiger partial charge in [-0.2, -0.15) is 0 Å². The van der Waals surface area contributed by atoms with Crippen molar-refractivity contribution in [2.24, 2.45) is 0 Å². The van der Waals surface area contributed by atoms with E-state index in [9.17, 15) is 9.50 Å². The number of benzene rings is 2. The number of halogens is 1. The Morgan fingerprint density at radius 1 is 1.07 bits per heavy atom. The Labute approximate surface area is 165 Å². The monoisotopic (exact) mass is 376 g/mol. The number of aromatic nitrogens is 1. The van der Waals surface area contributed by atoms with Gasteiger partial charge in [-0.25, -0.2) is 9.24 Å². The van der Waals surface area contributed by atoms with Crippen LogP contribution in [0.3, 0.4) is 0 Å². The van der Waals surface area contributed by atoms with Crippen LogP contribution in [0.15, 0.2) is 30.5 Å². The summed E-state index contributed by atoms with van der Waals surface area (Å²) in [6.07, 6.45) is 5.23. The van der Waals surface area contributed by atoms with Crippen molar-refractivity contribution in [3.63, 3.8) is 0 Å². The maximum absolute atomic E-state index is 14.9. The van der Waals surface area contributed by atoms with Gasteiger partial charge < -0.3 is 9.67 Å². The van der Waals surface area contributed by atoms with Crippen LogP contribution < -0.4 is 0 Å². The Morgan fingerprint density at radius 2 is 1.79 bits per heavy atom. The van der Waals surface area contributed by atoms with Crippen LogP contribution in [0.1, 0.15) is 48.4 Å². The maximum atomic E-state index is 14.9. The van der Waals surface area contributed by atoms with Gasteiger partial charge in [0, 0.05) is 28.9 Å². The van der Waals surface area contributed by atoms with Crippen molar-refractivity contribution in [3.8, 4) is 11.1 Å². The molecule has 0 radical (unpaired) electrons. The molecule has 0 unspecified atom stereocenters. The predicted octanol–water partition coefficient (Wildman–Crippen LogP) is 6.40. The molecule has 1 aliphatic rings. The van der Waals surface area contributed by atoms with Gasteiger partial charge in [0.25, 0.3) is 0 Å². The second-order valence-corrected chi connectivity index (χ2v) is 8.04. The minimum atomic E-state index is -0.230. The molecule has 4 rings (SSSR count). The standard InChI is InChI=1S/C24H25FN2O/c1-14-5-10-21(25)24(16(14)3)20-13-27(17-6-8-18(28)9-7-17)23-11-15(2)22(26-4)12-19(20)23/h5,10-13,17-18,28H,6-9H2,1-3H3. The Hall–Kier alpha value is -2.64. The average molecular weight is 376 g/mol. The van der Waals surface area contributed by atoms with E-state index >= 15 is 0 Å². The zero-order chi connectivity index (χ0) is 20.0. The molecule has 0 saturated heterocycles. The van der Waals surface area contributed by atoms with Crippen molar-refractivity contribution in [1.82, 2.24) is 4.57 Å². The first-order chi connectivity index (χ1) is 13.4. The van der Waals surface area contributed by atoms with Crippen molar-refractivity contribution < 1.29 is 9.50 Å². The van der Waals surface area contributed by atoms with Crippen LogP contribution in [0.5, 0.6) is 0 Å². The molecule has 0 atom stereocenters. The van der Waals surface area contributed by atoms with Gasteiger partial charge in [0.2, 0.25) is 0 Å². The van der Waals surface area contributed by atoms with E-state index in [1.807, 2.05) is 32.9 Å². The molecule has 4 heteroatoms. The first-order valence-electron chi connectivity index (χ1n) is 9.87. The zero-order valence-electron chi connectivity index (χ0n) is 16.6. The van der Waals surface area contributed by atoms with E-state index in [2.05, 4.69) is 21.7 Å². The third kappa shape index (κ3) is 3.00. The summed E-state index contributed by atoms with van der Waals surface area (Å²) in [5, 5.41) is 10.8. The summed E-state index contributed by atoms with van der Waals surface area (Å²) in [6, 6.07) is 7.58. The smallest absolute Gasteiger partial charge is 0.190 e. The number of aliphatic hydroxyl groups is 1. The molecule has 0 spiro atoms. The topological polar surface area (TPSA) is 29.5 Å². The van der Waals surface area contributed by atoms with Crippen LogP contribution in [0.25, 0.3) is 26.9 Å². The average Bonchev–Trinajstić information content (AvgIpc) is 3.03. The summed E-state index contributed by atoms with van der Waals surface area (Å²) in [5.74, 6) is -0.230. The van der Waals surface area contributed by atoms with E-state index in [0.717, 1.165) is 58.8 Å². The lowest BCUT2D eigenvalue weighted by Gasteiger charge is -2.27. The SMILES string of the molecule is [C-]#[N+]c1cc2c(-c3c(F)ccc(C)c3C)cn(C3CCC(O)CC3)c2cc1C. The highest BCUT2D eigenvalue weighted by molar-refractivity contribution is 5.99. The van der Waals surface area contributed by atoms with Crippen LogP contribution in [0.4, 0.5) is 10.1 Å². The highest BCUT2D eigenvalue weighted by Crippen LogP contribution is 2.41. The van der Waals surface area contributed by atoms with E-state index in [-0.39, 0.29) is 18.0 Å². The van der Waals surface area contributed by atoms with Crippen molar-refractivity contribution in [2.75, 3.05) is 0 Å². The van der Waals surface area contributed by atoms with Crippen LogP contribution in [0.2, 0.25) is 0 Å². The molecule has 1 aliphatic carbocycles. The van der Waals surface area contributed by atoms with E-state index in [4.69, 9.17) is 6.57 Å². The number of fused-ring (bicyclic) bond motifs is 1. The Balaban J connectivity index is 1.99. The number of hydrogen-bond donors (Lipinski definition) is 1.